The van der Waals surface area contributed by atoms with Crippen LogP contribution in [0.5, 0.6) is 0 Å². The topological polar surface area (TPSA) is 88.0 Å². The second-order valence-corrected chi connectivity index (χ2v) is 3.20. The number of rotatable bonds is 10. The maximum Gasteiger partial charge on any atom is 0.308 e. The molecular weight excluding hydrogens is 214 g/mol. The first-order chi connectivity index (χ1) is 7.70. The minimum absolute atomic E-state index is 0.00165. The number of ether oxygens (including phenoxy) is 2. The zero-order valence-electron chi connectivity index (χ0n) is 9.65. The van der Waals surface area contributed by atoms with Gasteiger partial charge in [-0.2, -0.15) is 0 Å². The molecule has 0 radical (unpaired) electrons. The van der Waals surface area contributed by atoms with Gasteiger partial charge >= 0.3 is 5.97 Å². The van der Waals surface area contributed by atoms with Crippen LogP contribution in [-0.4, -0.2) is 61.8 Å². The molecule has 0 saturated carbocycles. The van der Waals surface area contributed by atoms with Crippen molar-refractivity contribution in [3.8, 4) is 0 Å². The number of aliphatic hydroxyl groups excluding tert-OH is 2. The molecule has 0 saturated heterocycles. The first-order valence-corrected chi connectivity index (χ1v) is 5.43. The third-order valence-corrected chi connectivity index (χ3v) is 1.75. The Bertz CT molecular complexity index is 177. The summed E-state index contributed by atoms with van der Waals surface area (Å²) in [5, 5.41) is 20.8. The number of carbonyl (C=O) groups is 1. The molecule has 0 aromatic rings. The largest absolute Gasteiger partial charge is 0.466 e. The molecule has 6 heteroatoms. The van der Waals surface area contributed by atoms with E-state index in [1.807, 2.05) is 0 Å². The van der Waals surface area contributed by atoms with Crippen LogP contribution in [-0.2, 0) is 14.3 Å². The standard InChI is InChI=1S/C10H21NO5/c1-2-16-10(14)7-9(13)8-11-3-5-15-6-4-12/h9,11-13H,2-8H2,1H3. The zero-order valence-corrected chi connectivity index (χ0v) is 9.65. The molecule has 0 aliphatic heterocycles. The van der Waals surface area contributed by atoms with Gasteiger partial charge in [0, 0.05) is 13.1 Å². The predicted molar refractivity (Wildman–Crippen MR) is 58.0 cm³/mol. The average Bonchev–Trinajstić information content (AvgIpc) is 2.23. The predicted octanol–water partition coefficient (Wildman–Crippen LogP) is -1.10. The molecule has 1 atom stereocenters. The fraction of sp³-hybridized carbons (Fsp3) is 0.900. The lowest BCUT2D eigenvalue weighted by Crippen LogP contribution is -2.31. The zero-order chi connectivity index (χ0) is 12.2. The molecule has 0 aromatic carbocycles. The maximum absolute atomic E-state index is 11.0. The van der Waals surface area contributed by atoms with Gasteiger partial charge in [0.2, 0.25) is 0 Å². The van der Waals surface area contributed by atoms with Gasteiger partial charge in [-0.15, -0.1) is 0 Å². The summed E-state index contributed by atoms with van der Waals surface area (Å²) in [6.07, 6.45) is -0.741. The van der Waals surface area contributed by atoms with Crippen LogP contribution in [0.1, 0.15) is 13.3 Å². The first-order valence-electron chi connectivity index (χ1n) is 5.43. The number of aliphatic hydroxyl groups is 2. The summed E-state index contributed by atoms with van der Waals surface area (Å²) >= 11 is 0. The van der Waals surface area contributed by atoms with Gasteiger partial charge in [-0.3, -0.25) is 4.79 Å². The minimum Gasteiger partial charge on any atom is -0.466 e. The Morgan fingerprint density at radius 2 is 2.19 bits per heavy atom. The third kappa shape index (κ3) is 9.85. The van der Waals surface area contributed by atoms with Crippen LogP contribution in [0, 0.1) is 0 Å². The lowest BCUT2D eigenvalue weighted by atomic mass is 10.2. The van der Waals surface area contributed by atoms with Crippen LogP contribution in [0.4, 0.5) is 0 Å². The number of esters is 1. The molecular formula is C10H21NO5. The van der Waals surface area contributed by atoms with Crippen molar-refractivity contribution in [1.82, 2.24) is 5.32 Å². The summed E-state index contributed by atoms with van der Waals surface area (Å²) in [6, 6.07) is 0. The Kier molecular flexibility index (Phi) is 10.3. The quantitative estimate of drug-likeness (QED) is 0.329. The third-order valence-electron chi connectivity index (χ3n) is 1.75. The fourth-order valence-corrected chi connectivity index (χ4v) is 1.06. The van der Waals surface area contributed by atoms with Crippen molar-refractivity contribution in [2.24, 2.45) is 0 Å². The molecule has 0 bridgehead atoms. The molecule has 1 unspecified atom stereocenters. The van der Waals surface area contributed by atoms with Crippen molar-refractivity contribution in [2.75, 3.05) is 39.5 Å². The van der Waals surface area contributed by atoms with Crippen molar-refractivity contribution >= 4 is 5.97 Å². The molecule has 6 nitrogen and oxygen atoms in total. The second kappa shape index (κ2) is 10.8. The van der Waals surface area contributed by atoms with Gasteiger partial charge in [0.25, 0.3) is 0 Å². The van der Waals surface area contributed by atoms with Gasteiger partial charge in [0.05, 0.1) is 39.0 Å². The molecule has 0 aliphatic rings. The highest BCUT2D eigenvalue weighted by Crippen LogP contribution is 1.93. The summed E-state index contributed by atoms with van der Waals surface area (Å²) in [4.78, 5) is 11.0. The van der Waals surface area contributed by atoms with Gasteiger partial charge in [-0.05, 0) is 6.92 Å². The van der Waals surface area contributed by atoms with Crippen molar-refractivity contribution in [2.45, 2.75) is 19.4 Å². The number of hydrogen-bond donors (Lipinski definition) is 3. The summed E-state index contributed by atoms with van der Waals surface area (Å²) in [6.45, 7) is 3.72. The van der Waals surface area contributed by atoms with Gasteiger partial charge in [-0.1, -0.05) is 0 Å². The monoisotopic (exact) mass is 235 g/mol. The van der Waals surface area contributed by atoms with Crippen LogP contribution >= 0.6 is 0 Å². The van der Waals surface area contributed by atoms with Crippen molar-refractivity contribution in [3.63, 3.8) is 0 Å². The summed E-state index contributed by atoms with van der Waals surface area (Å²) in [5.41, 5.74) is 0. The van der Waals surface area contributed by atoms with E-state index < -0.39 is 12.1 Å². The second-order valence-electron chi connectivity index (χ2n) is 3.20. The molecule has 0 aromatic heterocycles. The van der Waals surface area contributed by atoms with Crippen LogP contribution in [0.3, 0.4) is 0 Å². The van der Waals surface area contributed by atoms with Crippen molar-refractivity contribution in [1.29, 1.82) is 0 Å². The Hall–Kier alpha value is -0.690. The van der Waals surface area contributed by atoms with Gasteiger partial charge < -0.3 is 25.0 Å². The fourth-order valence-electron chi connectivity index (χ4n) is 1.06. The van der Waals surface area contributed by atoms with E-state index in [4.69, 9.17) is 14.6 Å². The molecule has 0 spiro atoms. The number of hydrogen-bond acceptors (Lipinski definition) is 6. The van der Waals surface area contributed by atoms with E-state index in [0.29, 0.717) is 32.9 Å². The lowest BCUT2D eigenvalue weighted by Gasteiger charge is -2.11. The molecule has 0 rings (SSSR count). The van der Waals surface area contributed by atoms with Crippen molar-refractivity contribution < 1.29 is 24.5 Å². The Morgan fingerprint density at radius 3 is 2.81 bits per heavy atom. The van der Waals surface area contributed by atoms with E-state index in [1.54, 1.807) is 6.92 Å². The lowest BCUT2D eigenvalue weighted by molar-refractivity contribution is -0.145. The normalized spacial score (nSPS) is 12.4. The average molecular weight is 235 g/mol. The molecule has 0 aliphatic carbocycles. The van der Waals surface area contributed by atoms with E-state index >= 15 is 0 Å². The van der Waals surface area contributed by atoms with Gasteiger partial charge in [0.1, 0.15) is 0 Å². The smallest absolute Gasteiger partial charge is 0.308 e. The SMILES string of the molecule is CCOC(=O)CC(O)CNCCOCCO. The first kappa shape index (κ1) is 15.3. The van der Waals surface area contributed by atoms with Crippen LogP contribution in [0.25, 0.3) is 0 Å². The Morgan fingerprint density at radius 1 is 1.44 bits per heavy atom. The highest BCUT2D eigenvalue weighted by Gasteiger charge is 2.10. The summed E-state index contributed by atoms with van der Waals surface area (Å²) in [5.74, 6) is -0.395. The van der Waals surface area contributed by atoms with E-state index in [1.165, 1.54) is 0 Å². The Labute approximate surface area is 95.6 Å². The summed E-state index contributed by atoms with van der Waals surface area (Å²) < 4.78 is 9.69. The molecule has 3 N–H and O–H groups in total. The molecule has 96 valence electrons. The molecule has 0 heterocycles. The van der Waals surface area contributed by atoms with Crippen LogP contribution < -0.4 is 5.32 Å². The van der Waals surface area contributed by atoms with E-state index in [9.17, 15) is 9.90 Å². The Balaban J connectivity index is 3.29. The van der Waals surface area contributed by atoms with Gasteiger partial charge in [-0.25, -0.2) is 0 Å². The van der Waals surface area contributed by atoms with E-state index in [-0.39, 0.29) is 13.0 Å². The highest BCUT2D eigenvalue weighted by molar-refractivity contribution is 5.69. The van der Waals surface area contributed by atoms with Crippen molar-refractivity contribution in [3.05, 3.63) is 0 Å². The van der Waals surface area contributed by atoms with E-state index in [2.05, 4.69) is 5.32 Å². The highest BCUT2D eigenvalue weighted by atomic mass is 16.5. The van der Waals surface area contributed by atoms with Crippen LogP contribution in [0.2, 0.25) is 0 Å². The molecule has 0 fully saturated rings. The van der Waals surface area contributed by atoms with Gasteiger partial charge in [0.15, 0.2) is 0 Å². The summed E-state index contributed by atoms with van der Waals surface area (Å²) in [7, 11) is 0. The number of nitrogens with one attached hydrogen (secondary N) is 1. The van der Waals surface area contributed by atoms with Crippen LogP contribution in [0.15, 0.2) is 0 Å². The van der Waals surface area contributed by atoms with E-state index in [0.717, 1.165) is 0 Å². The molecule has 0 amide bonds. The maximum atomic E-state index is 11.0. The number of carbonyl (C=O) groups excluding carboxylic acids is 1. The molecule has 16 heavy (non-hydrogen) atoms. The minimum atomic E-state index is -0.739.